The number of benzene rings is 1. The van der Waals surface area contributed by atoms with Gasteiger partial charge in [-0.05, 0) is 0 Å². The van der Waals surface area contributed by atoms with E-state index < -0.39 is 18.4 Å². The predicted molar refractivity (Wildman–Crippen MR) is 124 cm³/mol. The van der Waals surface area contributed by atoms with E-state index in [2.05, 4.69) is 56.4 Å². The van der Waals surface area contributed by atoms with Crippen molar-refractivity contribution in [3.8, 4) is 10.4 Å². The van der Waals surface area contributed by atoms with Gasteiger partial charge in [-0.25, -0.2) is 0 Å². The third-order valence-electron chi connectivity index (χ3n) is 5.73. The number of thiophene rings is 1. The van der Waals surface area contributed by atoms with Crippen molar-refractivity contribution in [3.63, 3.8) is 0 Å². The molecule has 1 heterocycles. The van der Waals surface area contributed by atoms with Crippen LogP contribution in [0.5, 0.6) is 0 Å². The van der Waals surface area contributed by atoms with Crippen LogP contribution in [-0.2, 0) is 0 Å². The van der Waals surface area contributed by atoms with Crippen molar-refractivity contribution in [2.24, 2.45) is 0 Å². The van der Waals surface area contributed by atoms with E-state index >= 15 is 0 Å². The quantitative estimate of drug-likeness (QED) is 0.220. The van der Waals surface area contributed by atoms with Gasteiger partial charge in [0.15, 0.2) is 0 Å². The Labute approximate surface area is 174 Å². The Kier molecular flexibility index (Phi) is 9.58. The van der Waals surface area contributed by atoms with Gasteiger partial charge < -0.3 is 0 Å². The standard InChI is InChI=1S/C12H9OS.3C4H9.Sn/c1-9(13)10-4-6-11(7-5-10)12-3-2-8-14-12;3*1-3-4-2;/h2-7H,1H3;3*1,3-4H2,2H3;. The molecular weight excluding hydrogens is 455 g/mol. The third-order valence-corrected chi connectivity index (χ3v) is 25.1. The Morgan fingerprint density at radius 1 is 0.815 bits per heavy atom. The van der Waals surface area contributed by atoms with Gasteiger partial charge in [-0.15, -0.1) is 0 Å². The summed E-state index contributed by atoms with van der Waals surface area (Å²) in [7, 11) is 0. The Hall–Kier alpha value is -0.611. The van der Waals surface area contributed by atoms with Crippen molar-refractivity contribution in [1.82, 2.24) is 0 Å². The third kappa shape index (κ3) is 6.18. The molecule has 2 aromatic rings. The zero-order valence-corrected chi connectivity index (χ0v) is 21.3. The van der Waals surface area contributed by atoms with E-state index in [4.69, 9.17) is 0 Å². The summed E-state index contributed by atoms with van der Waals surface area (Å²) in [5.41, 5.74) is 2.07. The van der Waals surface area contributed by atoms with Crippen molar-refractivity contribution in [1.29, 1.82) is 0 Å². The molecule has 1 nitrogen and oxygen atoms in total. The first-order valence-corrected chi connectivity index (χ1v) is 19.1. The molecule has 0 saturated carbocycles. The molecule has 1 aromatic heterocycles. The van der Waals surface area contributed by atoms with Crippen molar-refractivity contribution >= 4 is 38.4 Å². The molecule has 0 spiro atoms. The molecule has 0 radical (unpaired) electrons. The summed E-state index contributed by atoms with van der Waals surface area (Å²) in [4.78, 5) is 12.9. The second-order valence-corrected chi connectivity index (χ2v) is 23.1. The molecule has 148 valence electrons. The van der Waals surface area contributed by atoms with E-state index in [0.29, 0.717) is 0 Å². The molecule has 0 fully saturated rings. The summed E-state index contributed by atoms with van der Waals surface area (Å²) < 4.78 is 6.35. The molecule has 0 N–H and O–H groups in total. The molecule has 0 aliphatic heterocycles. The number of Topliss-reactive ketones (excluding diaryl/α,β-unsaturated/α-hetero) is 1. The average Bonchev–Trinajstić information content (AvgIpc) is 3.18. The first kappa shape index (κ1) is 22.7. The fraction of sp³-hybridized carbons (Fsp3) is 0.542. The molecule has 1 aromatic carbocycles. The van der Waals surface area contributed by atoms with Gasteiger partial charge in [0.05, 0.1) is 0 Å². The van der Waals surface area contributed by atoms with Crippen LogP contribution in [0.15, 0.2) is 36.4 Å². The minimum absolute atomic E-state index is 0.141. The zero-order chi connectivity index (χ0) is 19.7. The Morgan fingerprint density at radius 3 is 1.78 bits per heavy atom. The molecule has 0 atom stereocenters. The van der Waals surface area contributed by atoms with Gasteiger partial charge in [-0.1, -0.05) is 0 Å². The normalized spacial score (nSPS) is 11.7. The maximum absolute atomic E-state index is 11.5. The number of hydrogen-bond acceptors (Lipinski definition) is 2. The topological polar surface area (TPSA) is 17.1 Å². The number of ketones is 1. The van der Waals surface area contributed by atoms with Crippen LogP contribution in [0.1, 0.15) is 76.6 Å². The van der Waals surface area contributed by atoms with Crippen LogP contribution in [-0.4, -0.2) is 24.2 Å². The monoisotopic (exact) mass is 492 g/mol. The molecule has 0 bridgehead atoms. The van der Waals surface area contributed by atoms with Gasteiger partial charge in [-0.2, -0.15) is 0 Å². The summed E-state index contributed by atoms with van der Waals surface area (Å²) >= 11 is -0.246. The maximum atomic E-state index is 11.5. The van der Waals surface area contributed by atoms with Gasteiger partial charge in [0.1, 0.15) is 0 Å². The minimum atomic E-state index is -2.31. The van der Waals surface area contributed by atoms with Gasteiger partial charge in [0.2, 0.25) is 0 Å². The molecule has 0 aliphatic rings. The van der Waals surface area contributed by atoms with Crippen LogP contribution >= 0.6 is 11.3 Å². The molecule has 0 aliphatic carbocycles. The average molecular weight is 491 g/mol. The van der Waals surface area contributed by atoms with E-state index in [9.17, 15) is 4.79 Å². The first-order chi connectivity index (χ1) is 13.1. The van der Waals surface area contributed by atoms with E-state index in [0.717, 1.165) is 5.56 Å². The summed E-state index contributed by atoms with van der Waals surface area (Å²) in [5, 5.41) is 0. The number of carbonyl (C=O) groups is 1. The van der Waals surface area contributed by atoms with Crippen LogP contribution in [0.4, 0.5) is 0 Å². The summed E-state index contributed by atoms with van der Waals surface area (Å²) in [6, 6.07) is 13.0. The molecule has 3 heteroatoms. The summed E-state index contributed by atoms with van der Waals surface area (Å²) in [6.45, 7) is 8.66. The molecule has 0 amide bonds. The van der Waals surface area contributed by atoms with Crippen LogP contribution in [0.3, 0.4) is 0 Å². The van der Waals surface area contributed by atoms with Gasteiger partial charge in [0.25, 0.3) is 0 Å². The van der Waals surface area contributed by atoms with Crippen LogP contribution < -0.4 is 2.89 Å². The molecule has 0 saturated heterocycles. The fourth-order valence-corrected chi connectivity index (χ4v) is 24.1. The number of rotatable bonds is 12. The Bertz CT molecular complexity index is 680. The number of unbranched alkanes of at least 4 members (excludes halogenated alkanes) is 3. The van der Waals surface area contributed by atoms with Crippen molar-refractivity contribution in [2.45, 2.75) is 79.5 Å². The molecule has 2 rings (SSSR count). The van der Waals surface area contributed by atoms with E-state index in [1.165, 1.54) is 62.3 Å². The van der Waals surface area contributed by atoms with Crippen LogP contribution in [0.25, 0.3) is 10.4 Å². The van der Waals surface area contributed by atoms with Crippen molar-refractivity contribution in [2.75, 3.05) is 0 Å². The van der Waals surface area contributed by atoms with Gasteiger partial charge in [-0.3, -0.25) is 0 Å². The van der Waals surface area contributed by atoms with Crippen molar-refractivity contribution < 1.29 is 4.79 Å². The number of hydrogen-bond donors (Lipinski definition) is 0. The summed E-state index contributed by atoms with van der Waals surface area (Å²) in [5.74, 6) is 0.141. The predicted octanol–water partition coefficient (Wildman–Crippen LogP) is 7.67. The number of carbonyl (C=O) groups excluding carboxylic acids is 1. The fourth-order valence-electron chi connectivity index (χ4n) is 3.94. The first-order valence-electron chi connectivity index (χ1n) is 10.8. The summed E-state index contributed by atoms with van der Waals surface area (Å²) in [6.07, 6.45) is 8.18. The second-order valence-electron chi connectivity index (χ2n) is 7.89. The molecular formula is C24H36OSSn. The van der Waals surface area contributed by atoms with E-state index in [-0.39, 0.29) is 5.78 Å². The van der Waals surface area contributed by atoms with E-state index in [1.54, 1.807) is 9.82 Å². The van der Waals surface area contributed by atoms with E-state index in [1.807, 2.05) is 12.1 Å². The molecule has 27 heavy (non-hydrogen) atoms. The van der Waals surface area contributed by atoms with Gasteiger partial charge in [0, 0.05) is 0 Å². The van der Waals surface area contributed by atoms with Crippen LogP contribution in [0, 0.1) is 0 Å². The second kappa shape index (κ2) is 11.4. The SMILES string of the molecule is CCC[CH2][Sn]([CH2]CCC)([CH2]CCC)[c]1ccc(-c2ccc(C(C)=O)cc2)s1. The van der Waals surface area contributed by atoms with Crippen molar-refractivity contribution in [3.05, 3.63) is 42.0 Å². The Morgan fingerprint density at radius 2 is 1.33 bits per heavy atom. The molecule has 0 unspecified atom stereocenters. The van der Waals surface area contributed by atoms with Crippen LogP contribution in [0.2, 0.25) is 13.3 Å². The Balaban J connectivity index is 2.33. The van der Waals surface area contributed by atoms with Gasteiger partial charge >= 0.3 is 175 Å². The zero-order valence-electron chi connectivity index (χ0n) is 17.6.